The first kappa shape index (κ1) is 20.7. The lowest BCUT2D eigenvalue weighted by Crippen LogP contribution is -2.47. The fourth-order valence-electron chi connectivity index (χ4n) is 2.78. The molecule has 1 saturated heterocycles. The largest absolute Gasteiger partial charge is 0.469 e. The van der Waals surface area contributed by atoms with Crippen LogP contribution in [0.25, 0.3) is 0 Å². The molecule has 1 aliphatic heterocycles. The van der Waals surface area contributed by atoms with E-state index in [1.54, 1.807) is 7.05 Å². The van der Waals surface area contributed by atoms with Crippen molar-refractivity contribution in [3.05, 3.63) is 18.0 Å². The third-order valence-electron chi connectivity index (χ3n) is 4.18. The van der Waals surface area contributed by atoms with E-state index in [2.05, 4.69) is 25.6 Å². The third-order valence-corrected chi connectivity index (χ3v) is 4.18. The molecule has 1 aromatic heterocycles. The van der Waals surface area contributed by atoms with Gasteiger partial charge in [0.1, 0.15) is 5.69 Å². The highest BCUT2D eigenvalue weighted by molar-refractivity contribution is 5.80. The lowest BCUT2D eigenvalue weighted by molar-refractivity contribution is -0.146. The van der Waals surface area contributed by atoms with Crippen molar-refractivity contribution in [1.29, 1.82) is 0 Å². The number of carbonyl (C=O) groups excluding carboxylic acids is 1. The van der Waals surface area contributed by atoms with Crippen LogP contribution in [0.3, 0.4) is 0 Å². The van der Waals surface area contributed by atoms with Gasteiger partial charge in [-0.05, 0) is 18.9 Å². The SMILES string of the molecule is CN=C(NCCNc1nccc(C(F)(F)F)n1)N1CCC(C(=O)OC)CC1. The van der Waals surface area contributed by atoms with E-state index in [0.29, 0.717) is 45.0 Å². The van der Waals surface area contributed by atoms with Gasteiger partial charge in [-0.3, -0.25) is 9.79 Å². The van der Waals surface area contributed by atoms with E-state index < -0.39 is 11.9 Å². The topological polar surface area (TPSA) is 91.7 Å². The number of nitrogens with one attached hydrogen (secondary N) is 2. The zero-order chi connectivity index (χ0) is 19.9. The molecule has 0 saturated carbocycles. The number of rotatable bonds is 5. The van der Waals surface area contributed by atoms with Gasteiger partial charge in [0.25, 0.3) is 0 Å². The highest BCUT2D eigenvalue weighted by Crippen LogP contribution is 2.27. The van der Waals surface area contributed by atoms with Crippen LogP contribution in [0.15, 0.2) is 17.3 Å². The number of hydrogen-bond acceptors (Lipinski definition) is 6. The summed E-state index contributed by atoms with van der Waals surface area (Å²) >= 11 is 0. The predicted octanol–water partition coefficient (Wildman–Crippen LogP) is 1.37. The second-order valence-electron chi connectivity index (χ2n) is 5.95. The lowest BCUT2D eigenvalue weighted by atomic mass is 9.97. The number of likely N-dealkylation sites (tertiary alicyclic amines) is 1. The Morgan fingerprint density at radius 2 is 2.07 bits per heavy atom. The fraction of sp³-hybridized carbons (Fsp3) is 0.625. The Bertz CT molecular complexity index is 660. The molecule has 2 heterocycles. The number of ether oxygens (including phenoxy) is 1. The highest BCUT2D eigenvalue weighted by atomic mass is 19.4. The summed E-state index contributed by atoms with van der Waals surface area (Å²) in [6.07, 6.45) is -2.07. The highest BCUT2D eigenvalue weighted by Gasteiger charge is 2.32. The smallest absolute Gasteiger partial charge is 0.433 e. The fourth-order valence-corrected chi connectivity index (χ4v) is 2.78. The molecule has 0 spiro atoms. The van der Waals surface area contributed by atoms with E-state index in [1.165, 1.54) is 7.11 Å². The van der Waals surface area contributed by atoms with Gasteiger partial charge in [-0.25, -0.2) is 9.97 Å². The second-order valence-corrected chi connectivity index (χ2v) is 5.95. The predicted molar refractivity (Wildman–Crippen MR) is 93.2 cm³/mol. The number of esters is 1. The summed E-state index contributed by atoms with van der Waals surface area (Å²) in [7, 11) is 3.04. The molecule has 1 aromatic rings. The van der Waals surface area contributed by atoms with Gasteiger partial charge in [0.05, 0.1) is 13.0 Å². The Morgan fingerprint density at radius 1 is 1.37 bits per heavy atom. The summed E-state index contributed by atoms with van der Waals surface area (Å²) in [6, 6.07) is 0.823. The van der Waals surface area contributed by atoms with Crippen molar-refractivity contribution in [1.82, 2.24) is 20.2 Å². The van der Waals surface area contributed by atoms with E-state index in [-0.39, 0.29) is 17.8 Å². The maximum absolute atomic E-state index is 12.6. The number of carbonyl (C=O) groups is 1. The number of alkyl halides is 3. The minimum atomic E-state index is -4.50. The first-order valence-corrected chi connectivity index (χ1v) is 8.52. The molecule has 1 fully saturated rings. The van der Waals surface area contributed by atoms with E-state index in [9.17, 15) is 18.0 Å². The standard InChI is InChI=1S/C16H23F3N6O2/c1-20-15(25-9-4-11(5-10-25)13(26)27-2)23-8-7-22-14-21-6-3-12(24-14)16(17,18)19/h3,6,11H,4-5,7-10H2,1-2H3,(H,20,23)(H,21,22,24). The molecule has 27 heavy (non-hydrogen) atoms. The Hall–Kier alpha value is -2.59. The van der Waals surface area contributed by atoms with Crippen molar-refractivity contribution in [3.63, 3.8) is 0 Å². The number of anilines is 1. The van der Waals surface area contributed by atoms with Crippen molar-refractivity contribution in [2.75, 3.05) is 45.7 Å². The van der Waals surface area contributed by atoms with Crippen LogP contribution in [0.5, 0.6) is 0 Å². The van der Waals surface area contributed by atoms with Crippen LogP contribution < -0.4 is 10.6 Å². The van der Waals surface area contributed by atoms with Crippen LogP contribution in [0.2, 0.25) is 0 Å². The molecule has 8 nitrogen and oxygen atoms in total. The van der Waals surface area contributed by atoms with Crippen LogP contribution in [0, 0.1) is 5.92 Å². The Morgan fingerprint density at radius 3 is 2.67 bits per heavy atom. The molecule has 0 radical (unpaired) electrons. The van der Waals surface area contributed by atoms with Gasteiger partial charge < -0.3 is 20.3 Å². The maximum atomic E-state index is 12.6. The maximum Gasteiger partial charge on any atom is 0.433 e. The van der Waals surface area contributed by atoms with Gasteiger partial charge >= 0.3 is 12.1 Å². The summed E-state index contributed by atoms with van der Waals surface area (Å²) in [5.41, 5.74) is -0.989. The molecule has 2 N–H and O–H groups in total. The number of methoxy groups -OCH3 is 1. The van der Waals surface area contributed by atoms with Gasteiger partial charge in [-0.2, -0.15) is 13.2 Å². The van der Waals surface area contributed by atoms with Crippen LogP contribution >= 0.6 is 0 Å². The van der Waals surface area contributed by atoms with Gasteiger partial charge in [0.2, 0.25) is 5.95 Å². The molecular formula is C16H23F3N6O2. The molecule has 0 aliphatic carbocycles. The third kappa shape index (κ3) is 5.97. The lowest BCUT2D eigenvalue weighted by Gasteiger charge is -2.33. The van der Waals surface area contributed by atoms with Gasteiger partial charge in [0.15, 0.2) is 5.96 Å². The van der Waals surface area contributed by atoms with E-state index in [0.717, 1.165) is 12.3 Å². The van der Waals surface area contributed by atoms with Gasteiger partial charge in [0, 0.05) is 39.4 Å². The van der Waals surface area contributed by atoms with E-state index >= 15 is 0 Å². The first-order chi connectivity index (χ1) is 12.8. The van der Waals surface area contributed by atoms with E-state index in [4.69, 9.17) is 4.74 Å². The molecule has 11 heteroatoms. The average Bonchev–Trinajstić information content (AvgIpc) is 2.67. The zero-order valence-corrected chi connectivity index (χ0v) is 15.2. The number of nitrogens with zero attached hydrogens (tertiary/aromatic N) is 4. The van der Waals surface area contributed by atoms with Crippen LogP contribution in [-0.4, -0.2) is 67.1 Å². The summed E-state index contributed by atoms with van der Waals surface area (Å²) in [6.45, 7) is 2.08. The van der Waals surface area contributed by atoms with Crippen molar-refractivity contribution < 1.29 is 22.7 Å². The molecule has 150 valence electrons. The zero-order valence-electron chi connectivity index (χ0n) is 15.2. The first-order valence-electron chi connectivity index (χ1n) is 8.52. The molecule has 0 atom stereocenters. The van der Waals surface area contributed by atoms with Gasteiger partial charge in [-0.15, -0.1) is 0 Å². The number of piperidine rings is 1. The minimum absolute atomic E-state index is 0.0829. The summed E-state index contributed by atoms with van der Waals surface area (Å²) in [5.74, 6) is 0.303. The molecule has 0 bridgehead atoms. The summed E-state index contributed by atoms with van der Waals surface area (Å²) in [5, 5.41) is 5.88. The molecule has 2 rings (SSSR count). The summed E-state index contributed by atoms with van der Waals surface area (Å²) < 4.78 is 42.7. The van der Waals surface area contributed by atoms with Crippen molar-refractivity contribution in [2.24, 2.45) is 10.9 Å². The molecule has 0 unspecified atom stereocenters. The normalized spacial score (nSPS) is 16.2. The monoisotopic (exact) mass is 388 g/mol. The quantitative estimate of drug-likeness (QED) is 0.341. The molecule has 0 aromatic carbocycles. The Kier molecular flexibility index (Phi) is 7.19. The van der Waals surface area contributed by atoms with Crippen molar-refractivity contribution in [3.8, 4) is 0 Å². The molecule has 1 aliphatic rings. The van der Waals surface area contributed by atoms with E-state index in [1.807, 2.05) is 4.90 Å². The van der Waals surface area contributed by atoms with Crippen LogP contribution in [0.1, 0.15) is 18.5 Å². The Labute approximate surface area is 155 Å². The van der Waals surface area contributed by atoms with Gasteiger partial charge in [-0.1, -0.05) is 0 Å². The van der Waals surface area contributed by atoms with Crippen molar-refractivity contribution >= 4 is 17.9 Å². The molecule has 0 amide bonds. The van der Waals surface area contributed by atoms with Crippen LogP contribution in [-0.2, 0) is 15.7 Å². The number of guanidine groups is 1. The summed E-state index contributed by atoms with van der Waals surface area (Å²) in [4.78, 5) is 25.0. The van der Waals surface area contributed by atoms with Crippen LogP contribution in [0.4, 0.5) is 19.1 Å². The number of halogens is 3. The minimum Gasteiger partial charge on any atom is -0.469 e. The number of hydrogen-bond donors (Lipinski definition) is 2. The van der Waals surface area contributed by atoms with Crippen molar-refractivity contribution in [2.45, 2.75) is 19.0 Å². The second kappa shape index (κ2) is 9.38. The number of aliphatic imine (C=N–C) groups is 1. The number of aromatic nitrogens is 2. The average molecular weight is 388 g/mol. The Balaban J connectivity index is 1.77. The molecular weight excluding hydrogens is 365 g/mol.